The van der Waals surface area contributed by atoms with E-state index >= 15 is 0 Å². The third-order valence-electron chi connectivity index (χ3n) is 2.09. The van der Waals surface area contributed by atoms with E-state index < -0.39 is 0 Å². The van der Waals surface area contributed by atoms with E-state index in [1.165, 1.54) is 12.1 Å². The van der Waals surface area contributed by atoms with Gasteiger partial charge in [0.05, 0.1) is 6.33 Å². The molecule has 4 heteroatoms. The number of hydrogen-bond donors (Lipinski definition) is 0. The van der Waals surface area contributed by atoms with Crippen LogP contribution in [0, 0.1) is 5.82 Å². The van der Waals surface area contributed by atoms with Gasteiger partial charge in [0.15, 0.2) is 0 Å². The van der Waals surface area contributed by atoms with Crippen LogP contribution in [0.1, 0.15) is 5.69 Å². The highest BCUT2D eigenvalue weighted by Crippen LogP contribution is 2.12. The Morgan fingerprint density at radius 1 is 1.47 bits per heavy atom. The van der Waals surface area contributed by atoms with Crippen LogP contribution in [-0.4, -0.2) is 15.8 Å². The number of aldehydes is 1. The molecule has 1 aromatic carbocycles. The smallest absolute Gasteiger partial charge is 0.125 e. The van der Waals surface area contributed by atoms with Crippen LogP contribution in [0.4, 0.5) is 4.39 Å². The number of hydrogen-bond acceptors (Lipinski definition) is 2. The second kappa shape index (κ2) is 4.04. The fraction of sp³-hybridized carbons (Fsp3) is 0.0909. The van der Waals surface area contributed by atoms with Gasteiger partial charge in [0.2, 0.25) is 0 Å². The van der Waals surface area contributed by atoms with Crippen molar-refractivity contribution in [2.45, 2.75) is 6.42 Å². The molecule has 0 unspecified atom stereocenters. The number of halogens is 1. The van der Waals surface area contributed by atoms with Gasteiger partial charge >= 0.3 is 0 Å². The molecule has 76 valence electrons. The third-order valence-corrected chi connectivity index (χ3v) is 2.09. The number of carbonyl (C=O) groups excluding carboxylic acids is 1. The minimum Gasteiger partial charge on any atom is -0.303 e. The van der Waals surface area contributed by atoms with Crippen LogP contribution >= 0.6 is 0 Å². The molecule has 0 aliphatic rings. The molecule has 0 amide bonds. The van der Waals surface area contributed by atoms with Crippen LogP contribution in [0.25, 0.3) is 5.69 Å². The lowest BCUT2D eigenvalue weighted by Crippen LogP contribution is -1.99. The Labute approximate surface area is 86.2 Å². The first-order chi connectivity index (χ1) is 7.31. The summed E-state index contributed by atoms with van der Waals surface area (Å²) in [6.45, 7) is 0. The lowest BCUT2D eigenvalue weighted by atomic mass is 10.3. The van der Waals surface area contributed by atoms with Gasteiger partial charge in [-0.2, -0.15) is 0 Å². The number of nitrogens with zero attached hydrogens (tertiary/aromatic N) is 2. The van der Waals surface area contributed by atoms with Crippen LogP contribution in [0.5, 0.6) is 0 Å². The van der Waals surface area contributed by atoms with E-state index in [0.717, 1.165) is 12.0 Å². The Hall–Kier alpha value is -1.97. The zero-order valence-corrected chi connectivity index (χ0v) is 7.93. The maximum Gasteiger partial charge on any atom is 0.125 e. The van der Waals surface area contributed by atoms with Crippen molar-refractivity contribution in [1.29, 1.82) is 0 Å². The Bertz CT molecular complexity index is 479. The normalized spacial score (nSPS) is 10.2. The zero-order chi connectivity index (χ0) is 10.7. The summed E-state index contributed by atoms with van der Waals surface area (Å²) < 4.78 is 14.7. The van der Waals surface area contributed by atoms with E-state index in [1.807, 2.05) is 0 Å². The molecule has 0 bridgehead atoms. The average molecular weight is 204 g/mol. The van der Waals surface area contributed by atoms with E-state index in [4.69, 9.17) is 0 Å². The van der Waals surface area contributed by atoms with Crippen molar-refractivity contribution in [2.24, 2.45) is 0 Å². The molecule has 3 nitrogen and oxygen atoms in total. The number of rotatable bonds is 3. The van der Waals surface area contributed by atoms with Crippen LogP contribution in [0.3, 0.4) is 0 Å². The summed E-state index contributed by atoms with van der Waals surface area (Å²) in [4.78, 5) is 14.3. The Morgan fingerprint density at radius 2 is 2.33 bits per heavy atom. The van der Waals surface area contributed by atoms with Crippen molar-refractivity contribution in [1.82, 2.24) is 9.55 Å². The Balaban J connectivity index is 2.44. The molecule has 0 saturated carbocycles. The molecule has 0 radical (unpaired) electrons. The number of aromatic nitrogens is 2. The highest BCUT2D eigenvalue weighted by Gasteiger charge is 2.03. The van der Waals surface area contributed by atoms with Crippen molar-refractivity contribution < 1.29 is 9.18 Å². The second-order valence-electron chi connectivity index (χ2n) is 3.11. The highest BCUT2D eigenvalue weighted by atomic mass is 19.1. The van der Waals surface area contributed by atoms with Gasteiger partial charge in [-0.3, -0.25) is 0 Å². The summed E-state index contributed by atoms with van der Waals surface area (Å²) in [6.07, 6.45) is 4.23. The summed E-state index contributed by atoms with van der Waals surface area (Å²) in [5, 5.41) is 0. The van der Waals surface area contributed by atoms with Crippen LogP contribution in [0.2, 0.25) is 0 Å². The van der Waals surface area contributed by atoms with Gasteiger partial charge in [-0.05, 0) is 18.2 Å². The highest BCUT2D eigenvalue weighted by molar-refractivity contribution is 5.54. The van der Waals surface area contributed by atoms with E-state index in [9.17, 15) is 9.18 Å². The standard InChI is InChI=1S/C11H9FN2O/c12-9-2-1-3-10(6-9)14-8-13-7-11(14)4-5-15/h1-3,5-8H,4H2. The van der Waals surface area contributed by atoms with Gasteiger partial charge in [0, 0.05) is 24.0 Å². The lowest BCUT2D eigenvalue weighted by molar-refractivity contribution is -0.107. The second-order valence-corrected chi connectivity index (χ2v) is 3.11. The first-order valence-corrected chi connectivity index (χ1v) is 4.52. The van der Waals surface area contributed by atoms with Crippen molar-refractivity contribution >= 4 is 6.29 Å². The van der Waals surface area contributed by atoms with Gasteiger partial charge in [-0.1, -0.05) is 6.07 Å². The van der Waals surface area contributed by atoms with Crippen molar-refractivity contribution in [3.8, 4) is 5.69 Å². The van der Waals surface area contributed by atoms with Crippen LogP contribution in [-0.2, 0) is 11.2 Å². The number of carbonyl (C=O) groups is 1. The molecule has 1 heterocycles. The molecule has 0 aliphatic heterocycles. The summed E-state index contributed by atoms with van der Waals surface area (Å²) in [5.74, 6) is -0.307. The maximum absolute atomic E-state index is 13.0. The lowest BCUT2D eigenvalue weighted by Gasteiger charge is -2.05. The largest absolute Gasteiger partial charge is 0.303 e. The van der Waals surface area contributed by atoms with E-state index in [2.05, 4.69) is 4.98 Å². The molecule has 0 spiro atoms. The monoisotopic (exact) mass is 204 g/mol. The van der Waals surface area contributed by atoms with Crippen molar-refractivity contribution in [3.05, 3.63) is 48.3 Å². The van der Waals surface area contributed by atoms with Crippen LogP contribution in [0.15, 0.2) is 36.8 Å². The topological polar surface area (TPSA) is 34.9 Å². The SMILES string of the molecule is O=CCc1cncn1-c1cccc(F)c1. The first-order valence-electron chi connectivity index (χ1n) is 4.52. The Kier molecular flexibility index (Phi) is 2.58. The minimum atomic E-state index is -0.307. The molecule has 0 atom stereocenters. The van der Waals surface area contributed by atoms with E-state index in [1.54, 1.807) is 29.2 Å². The van der Waals surface area contributed by atoms with Crippen LogP contribution < -0.4 is 0 Å². The van der Waals surface area contributed by atoms with Gasteiger partial charge in [-0.15, -0.1) is 0 Å². The fourth-order valence-corrected chi connectivity index (χ4v) is 1.42. The molecule has 2 aromatic rings. The molecular weight excluding hydrogens is 195 g/mol. The predicted octanol–water partition coefficient (Wildman–Crippen LogP) is 1.75. The molecule has 15 heavy (non-hydrogen) atoms. The molecule has 2 rings (SSSR count). The molecular formula is C11H9FN2O. The van der Waals surface area contributed by atoms with Crippen molar-refractivity contribution in [2.75, 3.05) is 0 Å². The predicted molar refractivity (Wildman–Crippen MR) is 53.3 cm³/mol. The van der Waals surface area contributed by atoms with Gasteiger partial charge in [0.25, 0.3) is 0 Å². The summed E-state index contributed by atoms with van der Waals surface area (Å²) >= 11 is 0. The molecule has 0 fully saturated rings. The maximum atomic E-state index is 13.0. The van der Waals surface area contributed by atoms with Gasteiger partial charge < -0.3 is 9.36 Å². The van der Waals surface area contributed by atoms with E-state index in [0.29, 0.717) is 5.69 Å². The molecule has 0 saturated heterocycles. The van der Waals surface area contributed by atoms with E-state index in [-0.39, 0.29) is 12.2 Å². The molecule has 1 aromatic heterocycles. The summed E-state index contributed by atoms with van der Waals surface area (Å²) in [5.41, 5.74) is 1.42. The molecule has 0 aliphatic carbocycles. The summed E-state index contributed by atoms with van der Waals surface area (Å²) in [7, 11) is 0. The van der Waals surface area contributed by atoms with Gasteiger partial charge in [0.1, 0.15) is 12.1 Å². The third kappa shape index (κ3) is 1.93. The number of imidazole rings is 1. The number of benzene rings is 1. The quantitative estimate of drug-likeness (QED) is 0.714. The Morgan fingerprint density at radius 3 is 3.07 bits per heavy atom. The minimum absolute atomic E-state index is 0.274. The fourth-order valence-electron chi connectivity index (χ4n) is 1.42. The average Bonchev–Trinajstić information content (AvgIpc) is 2.66. The first kappa shape index (κ1) is 9.58. The van der Waals surface area contributed by atoms with Gasteiger partial charge in [-0.25, -0.2) is 9.37 Å². The summed E-state index contributed by atoms with van der Waals surface area (Å²) in [6, 6.07) is 6.16. The zero-order valence-electron chi connectivity index (χ0n) is 7.93. The van der Waals surface area contributed by atoms with Crippen molar-refractivity contribution in [3.63, 3.8) is 0 Å². The molecule has 0 N–H and O–H groups in total.